The number of carboxylic acid groups (broad SMARTS) is 1. The van der Waals surface area contributed by atoms with Gasteiger partial charge in [0.25, 0.3) is 0 Å². The van der Waals surface area contributed by atoms with Crippen LogP contribution in [0.5, 0.6) is 0 Å². The van der Waals surface area contributed by atoms with Crippen molar-refractivity contribution in [2.45, 2.75) is 39.2 Å². The number of aliphatic carboxylic acids is 1. The molecular formula is C10H19BF3NO4. The van der Waals surface area contributed by atoms with Crippen molar-refractivity contribution >= 4 is 19.3 Å². The van der Waals surface area contributed by atoms with Crippen LogP contribution in [0.4, 0.5) is 13.2 Å². The molecule has 0 fully saturated rings. The molecule has 0 amide bonds. The molecule has 3 N–H and O–H groups in total. The molecule has 9 heteroatoms. The Kier molecular flexibility index (Phi) is 11.5. The van der Waals surface area contributed by atoms with Gasteiger partial charge < -0.3 is 15.4 Å². The Morgan fingerprint density at radius 1 is 1.42 bits per heavy atom. The van der Waals surface area contributed by atoms with Crippen LogP contribution in [-0.2, 0) is 9.59 Å². The highest BCUT2D eigenvalue weighted by atomic mass is 19.4. The lowest BCUT2D eigenvalue weighted by Gasteiger charge is -2.06. The highest BCUT2D eigenvalue weighted by molar-refractivity contribution is 6.45. The van der Waals surface area contributed by atoms with Gasteiger partial charge in [-0.05, 0) is 26.2 Å². The molecule has 5 nitrogen and oxygen atoms in total. The lowest BCUT2D eigenvalue weighted by Crippen LogP contribution is -2.31. The van der Waals surface area contributed by atoms with E-state index in [4.69, 9.17) is 14.9 Å². The second-order valence-electron chi connectivity index (χ2n) is 4.02. The van der Waals surface area contributed by atoms with Crippen LogP contribution in [0, 0.1) is 5.92 Å². The summed E-state index contributed by atoms with van der Waals surface area (Å²) in [4.78, 5) is 19.1. The molecule has 1 unspecified atom stereocenters. The highest BCUT2D eigenvalue weighted by Crippen LogP contribution is 2.08. The molecule has 112 valence electrons. The van der Waals surface area contributed by atoms with E-state index in [2.05, 4.69) is 5.23 Å². The van der Waals surface area contributed by atoms with Crippen LogP contribution in [0.25, 0.3) is 0 Å². The van der Waals surface area contributed by atoms with Gasteiger partial charge in [-0.25, -0.2) is 0 Å². The lowest BCUT2D eigenvalue weighted by atomic mass is 9.89. The van der Waals surface area contributed by atoms with E-state index in [-0.39, 0.29) is 5.92 Å². The van der Waals surface area contributed by atoms with Crippen LogP contribution in [0.1, 0.15) is 26.2 Å². The van der Waals surface area contributed by atoms with Crippen molar-refractivity contribution in [1.82, 2.24) is 5.23 Å². The molecule has 0 saturated carbocycles. The minimum absolute atomic E-state index is 0.258. The molecule has 0 heterocycles. The SMILES string of the molecule is CB(O)NCCCCC(C)C(=O)O.O=CC(F)(F)F. The van der Waals surface area contributed by atoms with Crippen LogP contribution in [0.15, 0.2) is 0 Å². The first-order valence-electron chi connectivity index (χ1n) is 5.77. The van der Waals surface area contributed by atoms with Gasteiger partial charge in [0.05, 0.1) is 5.92 Å². The summed E-state index contributed by atoms with van der Waals surface area (Å²) in [6, 6.07) is 0. The standard InChI is InChI=1S/C8H18BNO3.C2HF3O/c1-7(8(11)12)5-3-4-6-10-9(2)13;3-2(4,5)1-6/h7,10,13H,3-6H2,1-2H3,(H,11,12);1H. The summed E-state index contributed by atoms with van der Waals surface area (Å²) in [6.07, 6.45) is -3.21. The van der Waals surface area contributed by atoms with Gasteiger partial charge in [0.2, 0.25) is 6.29 Å². The molecule has 0 aromatic carbocycles. The van der Waals surface area contributed by atoms with E-state index in [1.807, 2.05) is 0 Å². The molecule has 0 aromatic rings. The summed E-state index contributed by atoms with van der Waals surface area (Å²) < 4.78 is 31.2. The highest BCUT2D eigenvalue weighted by Gasteiger charge is 2.24. The van der Waals surface area contributed by atoms with Gasteiger partial charge in [0, 0.05) is 0 Å². The van der Waals surface area contributed by atoms with Gasteiger partial charge in [0.1, 0.15) is 0 Å². The van der Waals surface area contributed by atoms with Crippen molar-refractivity contribution in [3.63, 3.8) is 0 Å². The third-order valence-corrected chi connectivity index (χ3v) is 2.06. The van der Waals surface area contributed by atoms with E-state index in [0.717, 1.165) is 19.4 Å². The average molecular weight is 285 g/mol. The average Bonchev–Trinajstić information content (AvgIpc) is 2.27. The fourth-order valence-corrected chi connectivity index (χ4v) is 1.01. The number of carbonyl (C=O) groups is 2. The van der Waals surface area contributed by atoms with Crippen molar-refractivity contribution in [2.24, 2.45) is 5.92 Å². The van der Waals surface area contributed by atoms with E-state index in [0.29, 0.717) is 6.42 Å². The van der Waals surface area contributed by atoms with Crippen molar-refractivity contribution in [1.29, 1.82) is 0 Å². The Labute approximate surface area is 110 Å². The van der Waals surface area contributed by atoms with E-state index in [9.17, 15) is 18.0 Å². The van der Waals surface area contributed by atoms with Crippen molar-refractivity contribution in [3.05, 3.63) is 0 Å². The zero-order chi connectivity index (χ0) is 15.5. The zero-order valence-corrected chi connectivity index (χ0v) is 10.9. The summed E-state index contributed by atoms with van der Waals surface area (Å²) in [7, 11) is -0.475. The monoisotopic (exact) mass is 285 g/mol. The first kappa shape index (κ1) is 20.2. The maximum absolute atomic E-state index is 10.4. The van der Waals surface area contributed by atoms with E-state index in [1.165, 1.54) is 0 Å². The molecular weight excluding hydrogens is 266 g/mol. The van der Waals surface area contributed by atoms with Crippen LogP contribution in [-0.4, -0.2) is 42.2 Å². The van der Waals surface area contributed by atoms with Gasteiger partial charge in [-0.2, -0.15) is 13.2 Å². The van der Waals surface area contributed by atoms with Gasteiger partial charge in [-0.1, -0.05) is 13.3 Å². The van der Waals surface area contributed by atoms with Crippen LogP contribution >= 0.6 is 0 Å². The van der Waals surface area contributed by atoms with Gasteiger partial charge >= 0.3 is 19.2 Å². The number of aldehydes is 1. The number of alkyl halides is 3. The third-order valence-electron chi connectivity index (χ3n) is 2.06. The first-order chi connectivity index (χ1) is 8.60. The summed E-state index contributed by atoms with van der Waals surface area (Å²) in [5, 5.41) is 20.3. The summed E-state index contributed by atoms with van der Waals surface area (Å²) in [5.74, 6) is -0.991. The minimum Gasteiger partial charge on any atom is -0.481 e. The number of unbranched alkanes of at least 4 members (excludes halogenated alkanes) is 1. The second-order valence-corrected chi connectivity index (χ2v) is 4.02. The number of carboxylic acids is 1. The molecule has 0 spiro atoms. The molecule has 0 rings (SSSR count). The smallest absolute Gasteiger partial charge is 0.446 e. The van der Waals surface area contributed by atoms with Gasteiger partial charge in [-0.3, -0.25) is 9.59 Å². The molecule has 1 atom stereocenters. The number of halogens is 3. The van der Waals surface area contributed by atoms with Crippen molar-refractivity contribution in [2.75, 3.05) is 6.54 Å². The molecule has 0 aliphatic rings. The fraction of sp³-hybridized carbons (Fsp3) is 0.800. The van der Waals surface area contributed by atoms with Crippen molar-refractivity contribution < 1.29 is 32.9 Å². The largest absolute Gasteiger partial charge is 0.481 e. The van der Waals surface area contributed by atoms with Crippen molar-refractivity contribution in [3.8, 4) is 0 Å². The van der Waals surface area contributed by atoms with Crippen LogP contribution in [0.2, 0.25) is 6.82 Å². The number of hydrogen-bond acceptors (Lipinski definition) is 4. The maximum atomic E-state index is 10.4. The maximum Gasteiger partial charge on any atom is 0.446 e. The molecule has 0 saturated heterocycles. The minimum atomic E-state index is -4.64. The predicted octanol–water partition coefficient (Wildman–Crippen LogP) is 1.32. The Bertz CT molecular complexity index is 262. The Hall–Kier alpha value is -1.09. The molecule has 19 heavy (non-hydrogen) atoms. The van der Waals surface area contributed by atoms with Crippen LogP contribution < -0.4 is 5.23 Å². The molecule has 0 aromatic heterocycles. The number of nitrogens with one attached hydrogen (secondary N) is 1. The summed E-state index contributed by atoms with van der Waals surface area (Å²) in [5.41, 5.74) is 0. The van der Waals surface area contributed by atoms with E-state index in [1.54, 1.807) is 13.7 Å². The number of carbonyl (C=O) groups excluding carboxylic acids is 1. The molecule has 0 aliphatic heterocycles. The first-order valence-corrected chi connectivity index (χ1v) is 5.77. The summed E-state index contributed by atoms with van der Waals surface area (Å²) >= 11 is 0. The second kappa shape index (κ2) is 10.8. The number of hydrogen-bond donors (Lipinski definition) is 3. The third kappa shape index (κ3) is 19.4. The number of rotatable bonds is 7. The summed E-state index contributed by atoms with van der Waals surface area (Å²) in [6.45, 7) is 4.12. The Balaban J connectivity index is 0. The van der Waals surface area contributed by atoms with Gasteiger partial charge in [0.15, 0.2) is 0 Å². The molecule has 0 aliphatic carbocycles. The Morgan fingerprint density at radius 3 is 2.21 bits per heavy atom. The zero-order valence-electron chi connectivity index (χ0n) is 10.9. The quantitative estimate of drug-likeness (QED) is 0.373. The normalized spacial score (nSPS) is 12.1. The Morgan fingerprint density at radius 2 is 1.89 bits per heavy atom. The van der Waals surface area contributed by atoms with E-state index < -0.39 is 25.5 Å². The van der Waals surface area contributed by atoms with Crippen LogP contribution in [0.3, 0.4) is 0 Å². The van der Waals surface area contributed by atoms with Gasteiger partial charge in [-0.15, -0.1) is 0 Å². The fourth-order valence-electron chi connectivity index (χ4n) is 1.01. The van der Waals surface area contributed by atoms with E-state index >= 15 is 0 Å². The topological polar surface area (TPSA) is 86.6 Å². The lowest BCUT2D eigenvalue weighted by molar-refractivity contribution is -0.156. The molecule has 0 bridgehead atoms. The predicted molar refractivity (Wildman–Crippen MR) is 64.6 cm³/mol. The molecule has 0 radical (unpaired) electrons.